The third-order valence-electron chi connectivity index (χ3n) is 3.24. The number of methoxy groups -OCH3 is 1. The molecule has 1 fully saturated rings. The standard InChI is InChI=1S/C14H16N2O2/c1-17-11-3-2-10-4-5-16-14(12(10)8-11)13-9-15-6-7-18-13/h2-5,8,13,15H,6-7,9H2,1H3. The molecule has 0 amide bonds. The van der Waals surface area contributed by atoms with Crippen molar-refractivity contribution in [1.82, 2.24) is 10.3 Å². The molecule has 4 nitrogen and oxygen atoms in total. The number of nitrogens with zero attached hydrogens (tertiary/aromatic N) is 1. The number of ether oxygens (including phenoxy) is 2. The van der Waals surface area contributed by atoms with Crippen LogP contribution >= 0.6 is 0 Å². The van der Waals surface area contributed by atoms with Gasteiger partial charge in [-0.05, 0) is 23.6 Å². The average molecular weight is 244 g/mol. The molecular formula is C14H16N2O2. The van der Waals surface area contributed by atoms with Crippen LogP contribution in [0, 0.1) is 0 Å². The first-order chi connectivity index (χ1) is 8.88. The van der Waals surface area contributed by atoms with Gasteiger partial charge in [-0.1, -0.05) is 6.07 Å². The first-order valence-electron chi connectivity index (χ1n) is 6.13. The predicted molar refractivity (Wildman–Crippen MR) is 69.9 cm³/mol. The van der Waals surface area contributed by atoms with Gasteiger partial charge in [-0.25, -0.2) is 0 Å². The van der Waals surface area contributed by atoms with Crippen molar-refractivity contribution in [2.75, 3.05) is 26.8 Å². The van der Waals surface area contributed by atoms with Crippen LogP contribution in [0.4, 0.5) is 0 Å². The Kier molecular flexibility index (Phi) is 3.13. The highest BCUT2D eigenvalue weighted by atomic mass is 16.5. The molecule has 0 spiro atoms. The number of pyridine rings is 1. The largest absolute Gasteiger partial charge is 0.497 e. The summed E-state index contributed by atoms with van der Waals surface area (Å²) in [5.74, 6) is 0.848. The Morgan fingerprint density at radius 2 is 2.33 bits per heavy atom. The SMILES string of the molecule is COc1ccc2ccnc(C3CNCCO3)c2c1. The highest BCUT2D eigenvalue weighted by molar-refractivity contribution is 5.86. The van der Waals surface area contributed by atoms with Gasteiger partial charge in [0.05, 0.1) is 19.4 Å². The molecule has 1 aliphatic heterocycles. The lowest BCUT2D eigenvalue weighted by Crippen LogP contribution is -2.33. The minimum absolute atomic E-state index is 0.0227. The molecule has 1 atom stereocenters. The molecule has 18 heavy (non-hydrogen) atoms. The minimum Gasteiger partial charge on any atom is -0.497 e. The fourth-order valence-corrected chi connectivity index (χ4v) is 2.29. The summed E-state index contributed by atoms with van der Waals surface area (Å²) in [4.78, 5) is 4.49. The number of aromatic nitrogens is 1. The Labute approximate surface area is 106 Å². The van der Waals surface area contributed by atoms with Crippen LogP contribution in [0.2, 0.25) is 0 Å². The van der Waals surface area contributed by atoms with Gasteiger partial charge in [0.2, 0.25) is 0 Å². The number of nitrogens with one attached hydrogen (secondary N) is 1. The maximum absolute atomic E-state index is 5.78. The molecule has 0 bridgehead atoms. The van der Waals surface area contributed by atoms with Crippen molar-refractivity contribution >= 4 is 10.8 Å². The second-order valence-electron chi connectivity index (χ2n) is 4.35. The molecular weight excluding hydrogens is 228 g/mol. The number of hydrogen-bond acceptors (Lipinski definition) is 4. The maximum atomic E-state index is 5.78. The molecule has 1 aromatic heterocycles. The predicted octanol–water partition coefficient (Wildman–Crippen LogP) is 1.90. The van der Waals surface area contributed by atoms with E-state index < -0.39 is 0 Å². The van der Waals surface area contributed by atoms with Gasteiger partial charge in [0.1, 0.15) is 11.9 Å². The van der Waals surface area contributed by atoms with Crippen LogP contribution in [-0.2, 0) is 4.74 Å². The first kappa shape index (κ1) is 11.4. The van der Waals surface area contributed by atoms with Gasteiger partial charge in [0, 0.05) is 24.7 Å². The molecule has 4 heteroatoms. The van der Waals surface area contributed by atoms with E-state index in [0.717, 1.165) is 41.9 Å². The summed E-state index contributed by atoms with van der Waals surface area (Å²) in [5.41, 5.74) is 0.985. The van der Waals surface area contributed by atoms with Gasteiger partial charge in [0.15, 0.2) is 0 Å². The van der Waals surface area contributed by atoms with Gasteiger partial charge >= 0.3 is 0 Å². The Bertz CT molecular complexity index is 550. The van der Waals surface area contributed by atoms with E-state index in [1.807, 2.05) is 24.4 Å². The molecule has 1 unspecified atom stereocenters. The van der Waals surface area contributed by atoms with Crippen molar-refractivity contribution in [2.24, 2.45) is 0 Å². The van der Waals surface area contributed by atoms with Crippen molar-refractivity contribution in [3.8, 4) is 5.75 Å². The molecule has 1 aliphatic rings. The third kappa shape index (κ3) is 2.05. The summed E-state index contributed by atoms with van der Waals surface area (Å²) in [6, 6.07) is 8.05. The van der Waals surface area contributed by atoms with E-state index in [4.69, 9.17) is 9.47 Å². The van der Waals surface area contributed by atoms with E-state index >= 15 is 0 Å². The van der Waals surface area contributed by atoms with Crippen LogP contribution in [0.5, 0.6) is 5.75 Å². The molecule has 0 radical (unpaired) electrons. The molecule has 2 heterocycles. The van der Waals surface area contributed by atoms with Gasteiger partial charge in [-0.2, -0.15) is 0 Å². The van der Waals surface area contributed by atoms with E-state index in [1.54, 1.807) is 7.11 Å². The summed E-state index contributed by atoms with van der Waals surface area (Å²) in [6.45, 7) is 2.45. The average Bonchev–Trinajstić information content (AvgIpc) is 2.47. The van der Waals surface area contributed by atoms with Crippen molar-refractivity contribution in [3.63, 3.8) is 0 Å². The Balaban J connectivity index is 2.09. The van der Waals surface area contributed by atoms with Crippen LogP contribution in [0.15, 0.2) is 30.5 Å². The second kappa shape index (κ2) is 4.92. The van der Waals surface area contributed by atoms with Crippen molar-refractivity contribution in [3.05, 3.63) is 36.2 Å². The van der Waals surface area contributed by atoms with Crippen LogP contribution in [0.1, 0.15) is 11.8 Å². The molecule has 1 saturated heterocycles. The highest BCUT2D eigenvalue weighted by Crippen LogP contribution is 2.28. The number of benzene rings is 1. The summed E-state index contributed by atoms with van der Waals surface area (Å²) in [6.07, 6.45) is 1.86. The van der Waals surface area contributed by atoms with Gasteiger partial charge < -0.3 is 14.8 Å². The van der Waals surface area contributed by atoms with Crippen LogP contribution in [0.25, 0.3) is 10.8 Å². The lowest BCUT2D eigenvalue weighted by atomic mass is 10.1. The Morgan fingerprint density at radius 1 is 1.39 bits per heavy atom. The highest BCUT2D eigenvalue weighted by Gasteiger charge is 2.19. The normalized spacial score (nSPS) is 19.9. The fraction of sp³-hybridized carbons (Fsp3) is 0.357. The quantitative estimate of drug-likeness (QED) is 0.876. The lowest BCUT2D eigenvalue weighted by molar-refractivity contribution is 0.0260. The summed E-state index contributed by atoms with van der Waals surface area (Å²) in [5, 5.41) is 5.59. The van der Waals surface area contributed by atoms with Crippen molar-refractivity contribution in [2.45, 2.75) is 6.10 Å². The first-order valence-corrected chi connectivity index (χ1v) is 6.13. The Morgan fingerprint density at radius 3 is 3.11 bits per heavy atom. The van der Waals surface area contributed by atoms with Crippen molar-refractivity contribution in [1.29, 1.82) is 0 Å². The van der Waals surface area contributed by atoms with Crippen LogP contribution in [0.3, 0.4) is 0 Å². The molecule has 0 aliphatic carbocycles. The molecule has 0 saturated carbocycles. The monoisotopic (exact) mass is 244 g/mol. The fourth-order valence-electron chi connectivity index (χ4n) is 2.29. The zero-order valence-electron chi connectivity index (χ0n) is 10.3. The molecule has 94 valence electrons. The van der Waals surface area contributed by atoms with Crippen LogP contribution < -0.4 is 10.1 Å². The number of fused-ring (bicyclic) bond motifs is 1. The molecule has 1 aromatic carbocycles. The van der Waals surface area contributed by atoms with E-state index in [0.29, 0.717) is 0 Å². The van der Waals surface area contributed by atoms with E-state index in [1.165, 1.54) is 0 Å². The number of hydrogen-bond donors (Lipinski definition) is 1. The number of morpholine rings is 1. The van der Waals surface area contributed by atoms with Crippen molar-refractivity contribution < 1.29 is 9.47 Å². The van der Waals surface area contributed by atoms with Gasteiger partial charge in [-0.3, -0.25) is 4.98 Å². The summed E-state index contributed by atoms with van der Waals surface area (Å²) >= 11 is 0. The Hall–Kier alpha value is -1.65. The molecule has 3 rings (SSSR count). The molecule has 2 aromatic rings. The molecule has 1 N–H and O–H groups in total. The zero-order valence-corrected chi connectivity index (χ0v) is 10.3. The lowest BCUT2D eigenvalue weighted by Gasteiger charge is -2.24. The van der Waals surface area contributed by atoms with E-state index in [2.05, 4.69) is 16.4 Å². The summed E-state index contributed by atoms with van der Waals surface area (Å²) in [7, 11) is 1.68. The number of rotatable bonds is 2. The zero-order chi connectivity index (χ0) is 12.4. The van der Waals surface area contributed by atoms with Gasteiger partial charge in [0.25, 0.3) is 0 Å². The van der Waals surface area contributed by atoms with Crippen LogP contribution in [-0.4, -0.2) is 31.8 Å². The van der Waals surface area contributed by atoms with E-state index in [-0.39, 0.29) is 6.10 Å². The minimum atomic E-state index is 0.0227. The van der Waals surface area contributed by atoms with Gasteiger partial charge in [-0.15, -0.1) is 0 Å². The second-order valence-corrected chi connectivity index (χ2v) is 4.35. The topological polar surface area (TPSA) is 43.4 Å². The van der Waals surface area contributed by atoms with E-state index in [9.17, 15) is 0 Å². The smallest absolute Gasteiger partial charge is 0.119 e. The maximum Gasteiger partial charge on any atom is 0.119 e. The summed E-state index contributed by atoms with van der Waals surface area (Å²) < 4.78 is 11.1. The third-order valence-corrected chi connectivity index (χ3v) is 3.24.